The second-order valence-corrected chi connectivity index (χ2v) is 4.99. The van der Waals surface area contributed by atoms with Gasteiger partial charge in [0, 0.05) is 16.1 Å². The number of nitrogens with zero attached hydrogens (tertiary/aromatic N) is 1. The topological polar surface area (TPSA) is 69.4 Å². The van der Waals surface area contributed by atoms with Crippen molar-refractivity contribution in [1.29, 1.82) is 0 Å². The molecule has 0 aliphatic heterocycles. The maximum absolute atomic E-state index is 11.0. The maximum atomic E-state index is 11.0. The number of hydrogen-bond acceptors (Lipinski definition) is 4. The Morgan fingerprint density at radius 3 is 2.48 bits per heavy atom. The van der Waals surface area contributed by atoms with E-state index in [1.165, 1.54) is 30.3 Å². The van der Waals surface area contributed by atoms with Crippen LogP contribution in [0.3, 0.4) is 0 Å². The summed E-state index contributed by atoms with van der Waals surface area (Å²) in [6.45, 7) is -0.0840. The largest absolute Gasteiger partial charge is 0.488 e. The maximum Gasteiger partial charge on any atom is 0.276 e. The van der Waals surface area contributed by atoms with Crippen LogP contribution in [0.15, 0.2) is 36.4 Å². The van der Waals surface area contributed by atoms with Gasteiger partial charge >= 0.3 is 0 Å². The molecule has 0 amide bonds. The van der Waals surface area contributed by atoms with E-state index in [0.717, 1.165) is 0 Å². The predicted octanol–water partition coefficient (Wildman–Crippen LogP) is 4.29. The lowest BCUT2D eigenvalue weighted by atomic mass is 10.2. The van der Waals surface area contributed by atoms with E-state index in [2.05, 4.69) is 0 Å². The Morgan fingerprint density at radius 2 is 1.81 bits per heavy atom. The number of benzene rings is 2. The number of nitro benzene ring substituents is 1. The number of ether oxygens (including phenoxy) is 1. The summed E-state index contributed by atoms with van der Waals surface area (Å²) < 4.78 is 5.46. The van der Waals surface area contributed by atoms with Crippen molar-refractivity contribution in [2.45, 2.75) is 6.61 Å². The minimum Gasteiger partial charge on any atom is -0.488 e. The van der Waals surface area contributed by atoms with E-state index in [0.29, 0.717) is 27.6 Å². The molecule has 0 atom stereocenters. The zero-order valence-electron chi connectivity index (χ0n) is 10.6. The molecule has 2 aromatic carbocycles. The lowest BCUT2D eigenvalue weighted by Gasteiger charge is -2.09. The normalized spacial score (nSPS) is 10.2. The highest BCUT2D eigenvalue weighted by Gasteiger charge is 2.15. The molecular weight excluding hydrogens is 317 g/mol. The summed E-state index contributed by atoms with van der Waals surface area (Å²) in [7, 11) is 0. The van der Waals surface area contributed by atoms with E-state index in [1.54, 1.807) is 6.07 Å². The lowest BCUT2D eigenvalue weighted by Crippen LogP contribution is -2.02. The molecule has 0 saturated carbocycles. The van der Waals surface area contributed by atoms with Crippen LogP contribution in [0.1, 0.15) is 15.9 Å². The van der Waals surface area contributed by atoms with E-state index < -0.39 is 4.92 Å². The first-order chi connectivity index (χ1) is 10.0. The average molecular weight is 326 g/mol. The van der Waals surface area contributed by atoms with E-state index in [9.17, 15) is 14.9 Å². The molecule has 2 rings (SSSR count). The molecule has 5 nitrogen and oxygen atoms in total. The monoisotopic (exact) mass is 325 g/mol. The van der Waals surface area contributed by atoms with Crippen molar-refractivity contribution in [3.63, 3.8) is 0 Å². The summed E-state index contributed by atoms with van der Waals surface area (Å²) in [6, 6.07) is 8.75. The number of halogens is 2. The van der Waals surface area contributed by atoms with Crippen molar-refractivity contribution in [3.05, 3.63) is 67.7 Å². The van der Waals surface area contributed by atoms with Gasteiger partial charge in [0.1, 0.15) is 12.4 Å². The standard InChI is InChI=1S/C14H9Cl2NO4/c15-11-1-3-13(17(19)20)10(6-11)8-21-14-4-2-12(16)5-9(14)7-18/h1-7H,8H2. The van der Waals surface area contributed by atoms with Crippen LogP contribution in [0.25, 0.3) is 0 Å². The van der Waals surface area contributed by atoms with Gasteiger partial charge in [0.05, 0.1) is 16.1 Å². The van der Waals surface area contributed by atoms with Crippen LogP contribution in [0.5, 0.6) is 5.75 Å². The molecule has 0 unspecified atom stereocenters. The minimum absolute atomic E-state index is 0.0840. The van der Waals surface area contributed by atoms with Gasteiger partial charge in [-0.15, -0.1) is 0 Å². The number of rotatable bonds is 5. The Labute approximate surface area is 130 Å². The number of carbonyl (C=O) groups is 1. The van der Waals surface area contributed by atoms with Gasteiger partial charge in [0.15, 0.2) is 6.29 Å². The first-order valence-electron chi connectivity index (χ1n) is 5.81. The summed E-state index contributed by atoms with van der Waals surface area (Å²) in [5, 5.41) is 11.7. The van der Waals surface area contributed by atoms with Gasteiger partial charge in [-0.25, -0.2) is 0 Å². The molecule has 0 saturated heterocycles. The molecule has 0 aromatic heterocycles. The van der Waals surface area contributed by atoms with Gasteiger partial charge in [-0.3, -0.25) is 14.9 Å². The minimum atomic E-state index is -0.516. The summed E-state index contributed by atoms with van der Waals surface area (Å²) in [4.78, 5) is 21.4. The fourth-order valence-corrected chi connectivity index (χ4v) is 2.12. The molecule has 21 heavy (non-hydrogen) atoms. The fourth-order valence-electron chi connectivity index (χ4n) is 1.75. The zero-order valence-corrected chi connectivity index (χ0v) is 12.1. The Balaban J connectivity index is 2.26. The molecule has 0 radical (unpaired) electrons. The molecule has 0 spiro atoms. The number of aldehydes is 1. The van der Waals surface area contributed by atoms with Crippen LogP contribution in [0.2, 0.25) is 10.0 Å². The Kier molecular flexibility index (Phi) is 4.77. The Morgan fingerprint density at radius 1 is 1.14 bits per heavy atom. The first-order valence-corrected chi connectivity index (χ1v) is 6.57. The van der Waals surface area contributed by atoms with Gasteiger partial charge < -0.3 is 4.74 Å². The highest BCUT2D eigenvalue weighted by Crippen LogP contribution is 2.26. The fraction of sp³-hybridized carbons (Fsp3) is 0.0714. The summed E-state index contributed by atoms with van der Waals surface area (Å²) in [5.74, 6) is 0.295. The van der Waals surface area contributed by atoms with Crippen molar-refractivity contribution in [1.82, 2.24) is 0 Å². The van der Waals surface area contributed by atoms with Gasteiger partial charge in [-0.2, -0.15) is 0 Å². The Hall–Kier alpha value is -2.11. The zero-order chi connectivity index (χ0) is 15.4. The van der Waals surface area contributed by atoms with E-state index in [1.807, 2.05) is 0 Å². The van der Waals surface area contributed by atoms with Crippen LogP contribution < -0.4 is 4.74 Å². The molecule has 108 valence electrons. The van der Waals surface area contributed by atoms with E-state index in [4.69, 9.17) is 27.9 Å². The van der Waals surface area contributed by atoms with Gasteiger partial charge in [-0.05, 0) is 30.3 Å². The quantitative estimate of drug-likeness (QED) is 0.467. The van der Waals surface area contributed by atoms with E-state index in [-0.39, 0.29) is 17.9 Å². The molecule has 7 heteroatoms. The molecule has 2 aromatic rings. The molecule has 0 heterocycles. The second-order valence-electron chi connectivity index (χ2n) is 4.12. The van der Waals surface area contributed by atoms with Crippen LogP contribution in [0.4, 0.5) is 5.69 Å². The number of nitro groups is 1. The summed E-state index contributed by atoms with van der Waals surface area (Å²) in [6.07, 6.45) is 0.605. The third-order valence-electron chi connectivity index (χ3n) is 2.72. The summed E-state index contributed by atoms with van der Waals surface area (Å²) >= 11 is 11.6. The van der Waals surface area contributed by atoms with Crippen molar-refractivity contribution in [2.75, 3.05) is 0 Å². The smallest absolute Gasteiger partial charge is 0.276 e. The van der Waals surface area contributed by atoms with Gasteiger partial charge in [0.2, 0.25) is 0 Å². The Bertz CT molecular complexity index is 703. The van der Waals surface area contributed by atoms with Crippen LogP contribution >= 0.6 is 23.2 Å². The highest BCUT2D eigenvalue weighted by atomic mass is 35.5. The third-order valence-corrected chi connectivity index (χ3v) is 3.19. The van der Waals surface area contributed by atoms with Crippen LogP contribution in [-0.2, 0) is 6.61 Å². The predicted molar refractivity (Wildman–Crippen MR) is 79.3 cm³/mol. The SMILES string of the molecule is O=Cc1cc(Cl)ccc1OCc1cc(Cl)ccc1[N+](=O)[O-]. The first kappa shape index (κ1) is 15.3. The van der Waals surface area contributed by atoms with Crippen molar-refractivity contribution < 1.29 is 14.5 Å². The van der Waals surface area contributed by atoms with Gasteiger partial charge in [0.25, 0.3) is 5.69 Å². The molecule has 0 N–H and O–H groups in total. The van der Waals surface area contributed by atoms with Crippen molar-refractivity contribution in [3.8, 4) is 5.75 Å². The highest BCUT2D eigenvalue weighted by molar-refractivity contribution is 6.31. The second kappa shape index (κ2) is 6.56. The van der Waals surface area contributed by atoms with Crippen LogP contribution in [-0.4, -0.2) is 11.2 Å². The number of hydrogen-bond donors (Lipinski definition) is 0. The summed E-state index contributed by atoms with van der Waals surface area (Å²) in [5.41, 5.74) is 0.493. The molecule has 0 aliphatic rings. The molecule has 0 fully saturated rings. The van der Waals surface area contributed by atoms with Crippen molar-refractivity contribution in [2.24, 2.45) is 0 Å². The third kappa shape index (κ3) is 3.71. The van der Waals surface area contributed by atoms with E-state index >= 15 is 0 Å². The number of carbonyl (C=O) groups excluding carboxylic acids is 1. The van der Waals surface area contributed by atoms with Gasteiger partial charge in [-0.1, -0.05) is 23.2 Å². The lowest BCUT2D eigenvalue weighted by molar-refractivity contribution is -0.385. The average Bonchev–Trinajstić information content (AvgIpc) is 2.45. The molecule has 0 bridgehead atoms. The molecular formula is C14H9Cl2NO4. The molecule has 0 aliphatic carbocycles. The van der Waals surface area contributed by atoms with Crippen LogP contribution in [0, 0.1) is 10.1 Å². The van der Waals surface area contributed by atoms with Crippen molar-refractivity contribution >= 4 is 35.2 Å².